The van der Waals surface area contributed by atoms with Crippen molar-refractivity contribution in [3.05, 3.63) is 82.4 Å². The lowest BCUT2D eigenvalue weighted by molar-refractivity contribution is -0.124. The van der Waals surface area contributed by atoms with E-state index in [4.69, 9.17) is 25.8 Å². The van der Waals surface area contributed by atoms with Crippen LogP contribution in [0.3, 0.4) is 0 Å². The molecular weight excluding hydrogens is 508 g/mol. The van der Waals surface area contributed by atoms with Gasteiger partial charge in [0.25, 0.3) is 15.9 Å². The Morgan fingerprint density at radius 2 is 1.83 bits per heavy atom. The van der Waals surface area contributed by atoms with Crippen molar-refractivity contribution in [2.45, 2.75) is 17.9 Å². The number of fused-ring (bicyclic) bond motifs is 2. The van der Waals surface area contributed by atoms with Gasteiger partial charge in [-0.2, -0.15) is 0 Å². The highest BCUT2D eigenvalue weighted by Crippen LogP contribution is 2.35. The standard InChI is InChI=1S/C25H21ClN2O7S/c26-19-7-6-18(12-23(19)36(31,32)28-10-9-17-3-1-2-4-20(17)28)25(30)33-14-24(29)27-13-16-5-8-21-22(11-16)35-15-34-21/h1-8,11-12H,9-10,13-15H2,(H,27,29). The van der Waals surface area contributed by atoms with Gasteiger partial charge in [0.05, 0.1) is 16.3 Å². The lowest BCUT2D eigenvalue weighted by atomic mass is 10.2. The molecule has 0 bridgehead atoms. The van der Waals surface area contributed by atoms with Crippen molar-refractivity contribution < 1.29 is 32.2 Å². The van der Waals surface area contributed by atoms with Crippen LogP contribution in [0.5, 0.6) is 11.5 Å². The molecule has 0 aromatic heterocycles. The first-order chi connectivity index (χ1) is 17.3. The van der Waals surface area contributed by atoms with E-state index in [1.165, 1.54) is 22.5 Å². The summed E-state index contributed by atoms with van der Waals surface area (Å²) in [6, 6.07) is 16.4. The monoisotopic (exact) mass is 528 g/mol. The van der Waals surface area contributed by atoms with E-state index in [1.54, 1.807) is 30.3 Å². The van der Waals surface area contributed by atoms with Crippen LogP contribution in [0.4, 0.5) is 5.69 Å². The van der Waals surface area contributed by atoms with Gasteiger partial charge in [0.1, 0.15) is 4.90 Å². The van der Waals surface area contributed by atoms with E-state index in [-0.39, 0.29) is 35.4 Å². The average molecular weight is 529 g/mol. The number of rotatable bonds is 7. The predicted molar refractivity (Wildman–Crippen MR) is 131 cm³/mol. The highest BCUT2D eigenvalue weighted by molar-refractivity contribution is 7.93. The molecule has 0 atom stereocenters. The van der Waals surface area contributed by atoms with E-state index in [2.05, 4.69) is 5.32 Å². The van der Waals surface area contributed by atoms with E-state index >= 15 is 0 Å². The molecule has 186 valence electrons. The predicted octanol–water partition coefficient (Wildman–Crippen LogP) is 3.29. The molecule has 0 aliphatic carbocycles. The number of hydrogen-bond acceptors (Lipinski definition) is 7. The molecule has 0 fully saturated rings. The molecule has 2 heterocycles. The van der Waals surface area contributed by atoms with Crippen molar-refractivity contribution in [2.75, 3.05) is 24.2 Å². The molecule has 11 heteroatoms. The van der Waals surface area contributed by atoms with Crippen LogP contribution in [-0.4, -0.2) is 40.2 Å². The van der Waals surface area contributed by atoms with E-state index in [9.17, 15) is 18.0 Å². The zero-order chi connectivity index (χ0) is 25.3. The van der Waals surface area contributed by atoms with Crippen LogP contribution in [0.15, 0.2) is 65.6 Å². The Balaban J connectivity index is 1.23. The number of carbonyl (C=O) groups excluding carboxylic acids is 2. The first-order valence-electron chi connectivity index (χ1n) is 11.1. The maximum absolute atomic E-state index is 13.4. The second kappa shape index (κ2) is 9.71. The number of para-hydroxylation sites is 1. The van der Waals surface area contributed by atoms with Gasteiger partial charge in [-0.15, -0.1) is 0 Å². The summed E-state index contributed by atoms with van der Waals surface area (Å²) in [5.41, 5.74) is 2.25. The molecule has 2 aliphatic rings. The van der Waals surface area contributed by atoms with Gasteiger partial charge < -0.3 is 19.5 Å². The number of benzene rings is 3. The van der Waals surface area contributed by atoms with Gasteiger partial charge in [0.15, 0.2) is 18.1 Å². The van der Waals surface area contributed by atoms with Gasteiger partial charge in [-0.3, -0.25) is 9.10 Å². The molecule has 1 N–H and O–H groups in total. The number of sulfonamides is 1. The van der Waals surface area contributed by atoms with Gasteiger partial charge in [0, 0.05) is 13.1 Å². The van der Waals surface area contributed by atoms with Crippen LogP contribution < -0.4 is 19.1 Å². The van der Waals surface area contributed by atoms with Gasteiger partial charge >= 0.3 is 5.97 Å². The third kappa shape index (κ3) is 4.69. The Morgan fingerprint density at radius 1 is 1.03 bits per heavy atom. The Labute approximate surface area is 212 Å². The summed E-state index contributed by atoms with van der Waals surface area (Å²) < 4.78 is 43.6. The highest BCUT2D eigenvalue weighted by Gasteiger charge is 2.32. The quantitative estimate of drug-likeness (QED) is 0.468. The zero-order valence-corrected chi connectivity index (χ0v) is 20.5. The van der Waals surface area contributed by atoms with E-state index in [0.717, 1.165) is 11.1 Å². The van der Waals surface area contributed by atoms with Crippen LogP contribution in [-0.2, 0) is 32.5 Å². The summed E-state index contributed by atoms with van der Waals surface area (Å²) in [4.78, 5) is 24.6. The number of nitrogens with one attached hydrogen (secondary N) is 1. The topological polar surface area (TPSA) is 111 Å². The van der Waals surface area contributed by atoms with Crippen molar-refractivity contribution in [1.82, 2.24) is 5.32 Å². The fourth-order valence-corrected chi connectivity index (χ4v) is 6.03. The number of anilines is 1. The number of ether oxygens (including phenoxy) is 3. The average Bonchev–Trinajstić information content (AvgIpc) is 3.53. The fourth-order valence-electron chi connectivity index (χ4n) is 4.02. The Morgan fingerprint density at radius 3 is 2.69 bits per heavy atom. The van der Waals surface area contributed by atoms with Crippen molar-refractivity contribution >= 4 is 39.2 Å². The van der Waals surface area contributed by atoms with Crippen molar-refractivity contribution in [3.8, 4) is 11.5 Å². The smallest absolute Gasteiger partial charge is 0.338 e. The number of hydrogen-bond donors (Lipinski definition) is 1. The van der Waals surface area contributed by atoms with Crippen LogP contribution in [0.1, 0.15) is 21.5 Å². The maximum atomic E-state index is 13.4. The number of halogens is 1. The van der Waals surface area contributed by atoms with Gasteiger partial charge in [0.2, 0.25) is 6.79 Å². The maximum Gasteiger partial charge on any atom is 0.338 e. The third-order valence-corrected chi connectivity index (χ3v) is 8.14. The van der Waals surface area contributed by atoms with E-state index in [0.29, 0.717) is 23.6 Å². The van der Waals surface area contributed by atoms with E-state index in [1.807, 2.05) is 12.1 Å². The minimum absolute atomic E-state index is 0.0163. The molecule has 0 unspecified atom stereocenters. The lowest BCUT2D eigenvalue weighted by Gasteiger charge is -2.20. The Bertz CT molecular complexity index is 1460. The second-order valence-electron chi connectivity index (χ2n) is 8.14. The summed E-state index contributed by atoms with van der Waals surface area (Å²) in [6.07, 6.45) is 0.579. The normalized spacial score (nSPS) is 13.9. The van der Waals surface area contributed by atoms with Crippen molar-refractivity contribution in [2.24, 2.45) is 0 Å². The number of amides is 1. The van der Waals surface area contributed by atoms with E-state index < -0.39 is 28.5 Å². The molecule has 1 amide bonds. The second-order valence-corrected chi connectivity index (χ2v) is 10.4. The van der Waals surface area contributed by atoms with Gasteiger partial charge in [-0.25, -0.2) is 13.2 Å². The van der Waals surface area contributed by atoms with Gasteiger partial charge in [-0.1, -0.05) is 35.9 Å². The molecule has 2 aliphatic heterocycles. The minimum atomic E-state index is -4.02. The molecule has 3 aromatic rings. The zero-order valence-electron chi connectivity index (χ0n) is 18.9. The van der Waals surface area contributed by atoms with Crippen LogP contribution in [0.2, 0.25) is 5.02 Å². The SMILES string of the molecule is O=C(COC(=O)c1ccc(Cl)c(S(=O)(=O)N2CCc3ccccc32)c1)NCc1ccc2c(c1)OCO2. The molecule has 0 radical (unpaired) electrons. The molecule has 9 nitrogen and oxygen atoms in total. The lowest BCUT2D eigenvalue weighted by Crippen LogP contribution is -2.30. The Hall–Kier alpha value is -3.76. The fraction of sp³-hybridized carbons (Fsp3) is 0.200. The minimum Gasteiger partial charge on any atom is -0.454 e. The molecule has 0 saturated heterocycles. The van der Waals surface area contributed by atoms with Gasteiger partial charge in [-0.05, 0) is 53.9 Å². The summed E-state index contributed by atoms with van der Waals surface area (Å²) >= 11 is 6.21. The molecular formula is C25H21ClN2O7S. The summed E-state index contributed by atoms with van der Waals surface area (Å²) in [5.74, 6) is -0.129. The molecule has 36 heavy (non-hydrogen) atoms. The summed E-state index contributed by atoms with van der Waals surface area (Å²) in [5, 5.41) is 2.64. The summed E-state index contributed by atoms with van der Waals surface area (Å²) in [7, 11) is -4.02. The first kappa shape index (κ1) is 24.0. The largest absolute Gasteiger partial charge is 0.454 e. The molecule has 5 rings (SSSR count). The number of nitrogens with zero attached hydrogens (tertiary/aromatic N) is 1. The number of carbonyl (C=O) groups is 2. The molecule has 3 aromatic carbocycles. The highest BCUT2D eigenvalue weighted by atomic mass is 35.5. The molecule has 0 saturated carbocycles. The number of esters is 1. The first-order valence-corrected chi connectivity index (χ1v) is 12.9. The van der Waals surface area contributed by atoms with Crippen LogP contribution >= 0.6 is 11.6 Å². The van der Waals surface area contributed by atoms with Crippen LogP contribution in [0.25, 0.3) is 0 Å². The van der Waals surface area contributed by atoms with Crippen LogP contribution in [0, 0.1) is 0 Å². The van der Waals surface area contributed by atoms with Crippen molar-refractivity contribution in [3.63, 3.8) is 0 Å². The van der Waals surface area contributed by atoms with Crippen molar-refractivity contribution in [1.29, 1.82) is 0 Å². The Kier molecular flexibility index (Phi) is 6.46. The molecule has 0 spiro atoms. The third-order valence-electron chi connectivity index (χ3n) is 5.84. The summed E-state index contributed by atoms with van der Waals surface area (Å²) in [6.45, 7) is 0.0949.